The van der Waals surface area contributed by atoms with Gasteiger partial charge in [-0.1, -0.05) is 42.5 Å². The number of likely N-dealkylation sites (tertiary alicyclic amines) is 2. The van der Waals surface area contributed by atoms with Crippen LogP contribution in [0.2, 0.25) is 0 Å². The molecule has 3 aliphatic rings. The van der Waals surface area contributed by atoms with Gasteiger partial charge in [-0.05, 0) is 111 Å². The van der Waals surface area contributed by atoms with E-state index in [-0.39, 0.29) is 36.3 Å². The molecule has 2 atom stereocenters. The Morgan fingerprint density at radius 3 is 2.36 bits per heavy atom. The Bertz CT molecular complexity index is 2590. The lowest BCUT2D eigenvalue weighted by Crippen LogP contribution is -2.40. The minimum absolute atomic E-state index is 0.0884. The number of aromatic nitrogens is 2. The molecule has 2 aromatic heterocycles. The van der Waals surface area contributed by atoms with Crippen molar-refractivity contribution < 1.29 is 23.5 Å². The van der Waals surface area contributed by atoms with Crippen LogP contribution in [0.5, 0.6) is 0 Å². The van der Waals surface area contributed by atoms with Crippen molar-refractivity contribution in [3.05, 3.63) is 118 Å². The van der Waals surface area contributed by atoms with Gasteiger partial charge in [-0.2, -0.15) is 0 Å². The van der Waals surface area contributed by atoms with E-state index >= 15 is 0 Å². The Morgan fingerprint density at radius 1 is 0.821 bits per heavy atom. The summed E-state index contributed by atoms with van der Waals surface area (Å²) in [5.74, 6) is 0.611. The van der Waals surface area contributed by atoms with Gasteiger partial charge in [0, 0.05) is 30.8 Å². The fraction of sp³-hybridized carbons (Fsp3) is 0.311. The highest BCUT2D eigenvalue weighted by Crippen LogP contribution is 2.37. The summed E-state index contributed by atoms with van der Waals surface area (Å²) in [4.78, 5) is 56.4. The van der Waals surface area contributed by atoms with E-state index in [4.69, 9.17) is 18.9 Å². The minimum atomic E-state index is -0.578. The van der Waals surface area contributed by atoms with Crippen molar-refractivity contribution in [1.29, 1.82) is 0 Å². The van der Waals surface area contributed by atoms with E-state index in [1.807, 2.05) is 98.5 Å². The van der Waals surface area contributed by atoms with Gasteiger partial charge in [-0.25, -0.2) is 14.6 Å². The number of ether oxygens (including phenoxy) is 2. The van der Waals surface area contributed by atoms with Gasteiger partial charge >= 0.3 is 12.2 Å². The van der Waals surface area contributed by atoms with Gasteiger partial charge in [-0.15, -0.1) is 0 Å². The van der Waals surface area contributed by atoms with Crippen molar-refractivity contribution in [2.75, 3.05) is 13.1 Å². The molecule has 1 N–H and O–H groups in total. The lowest BCUT2D eigenvalue weighted by Gasteiger charge is -2.28. The van der Waals surface area contributed by atoms with Crippen LogP contribution in [0.15, 0.2) is 105 Å². The number of aromatic amines is 1. The molecule has 3 aliphatic heterocycles. The molecule has 2 amide bonds. The predicted molar refractivity (Wildman–Crippen MR) is 215 cm³/mol. The van der Waals surface area contributed by atoms with E-state index in [0.29, 0.717) is 47.3 Å². The van der Waals surface area contributed by atoms with Crippen molar-refractivity contribution in [3.8, 4) is 22.5 Å². The third kappa shape index (κ3) is 6.82. The maximum atomic E-state index is 13.9. The molecule has 0 bridgehead atoms. The molecule has 4 aromatic carbocycles. The molecule has 6 aromatic rings. The quantitative estimate of drug-likeness (QED) is 0.168. The third-order valence-corrected chi connectivity index (χ3v) is 10.9. The number of benzene rings is 4. The summed E-state index contributed by atoms with van der Waals surface area (Å²) in [5.41, 5.74) is 7.73. The fourth-order valence-electron chi connectivity index (χ4n) is 8.19. The molecular formula is C45H43N5O6. The Kier molecular flexibility index (Phi) is 8.95. The van der Waals surface area contributed by atoms with Gasteiger partial charge < -0.3 is 18.9 Å². The average Bonchev–Trinajstić information content (AvgIpc) is 4.02. The number of H-pyrrole nitrogens is 1. The highest BCUT2D eigenvalue weighted by Gasteiger charge is 2.36. The molecule has 0 unspecified atom stereocenters. The number of aliphatic imine (C=N–C) groups is 1. The van der Waals surface area contributed by atoms with Crippen molar-refractivity contribution in [3.63, 3.8) is 0 Å². The number of rotatable bonds is 6. The standard InChI is InChI=1S/C45H43N5O6/c1-45(2,3)56-44(53)50-20-8-12-38(50)36-25-46-42(48-36)30-15-18-39-33(22-30)41(51)32-16-13-29(24-40(32)55-39)28-14-17-34-31(21-28)23-35(47-34)37-11-7-19-49(37)43(52)54-26-27-9-5-4-6-10-27/h4-6,9-10,13-18,21-22,24-25,37-38H,7-8,11-12,19-20,23,26H2,1-3H3,(H,46,48)/t37-,38-/m0/s1. The average molecular weight is 750 g/mol. The molecule has 9 rings (SSSR count). The topological polar surface area (TPSA) is 130 Å². The monoisotopic (exact) mass is 749 g/mol. The molecular weight excluding hydrogens is 707 g/mol. The summed E-state index contributed by atoms with van der Waals surface area (Å²) in [6, 6.07) is 26.9. The number of hydrogen-bond donors (Lipinski definition) is 1. The summed E-state index contributed by atoms with van der Waals surface area (Å²) in [6.07, 6.45) is 5.23. The van der Waals surface area contributed by atoms with Crippen LogP contribution in [-0.2, 0) is 22.5 Å². The van der Waals surface area contributed by atoms with E-state index in [9.17, 15) is 14.4 Å². The largest absolute Gasteiger partial charge is 0.456 e. The van der Waals surface area contributed by atoms with Crippen LogP contribution >= 0.6 is 0 Å². The summed E-state index contributed by atoms with van der Waals surface area (Å²) in [5, 5.41) is 0.953. The Hall–Kier alpha value is -6.23. The zero-order valence-electron chi connectivity index (χ0n) is 31.7. The highest BCUT2D eigenvalue weighted by atomic mass is 16.6. The summed E-state index contributed by atoms with van der Waals surface area (Å²) < 4.78 is 17.7. The summed E-state index contributed by atoms with van der Waals surface area (Å²) >= 11 is 0. The SMILES string of the molecule is CC(C)(C)OC(=O)N1CCC[C@H]1c1cnc(-c2ccc3oc4cc(-c5ccc6c(c5)CC([C@@H]5CCCN5C(=O)OCc5ccccc5)=N6)ccc4c(=O)c3c2)[nH]1. The maximum Gasteiger partial charge on any atom is 0.410 e. The van der Waals surface area contributed by atoms with Crippen molar-refractivity contribution >= 4 is 45.5 Å². The van der Waals surface area contributed by atoms with Gasteiger partial charge in [0.25, 0.3) is 0 Å². The maximum absolute atomic E-state index is 13.9. The number of carbonyl (C=O) groups is 2. The van der Waals surface area contributed by atoms with Gasteiger partial charge in [0.1, 0.15) is 29.2 Å². The number of nitrogens with one attached hydrogen (secondary N) is 1. The van der Waals surface area contributed by atoms with Crippen molar-refractivity contribution in [2.45, 2.75) is 77.2 Å². The number of fused-ring (bicyclic) bond motifs is 3. The first-order chi connectivity index (χ1) is 27.1. The van der Waals surface area contributed by atoms with Crippen LogP contribution in [0.1, 0.15) is 69.3 Å². The first-order valence-electron chi connectivity index (χ1n) is 19.3. The van der Waals surface area contributed by atoms with Crippen LogP contribution in [0.4, 0.5) is 15.3 Å². The van der Waals surface area contributed by atoms with Crippen LogP contribution in [0.3, 0.4) is 0 Å². The predicted octanol–water partition coefficient (Wildman–Crippen LogP) is 9.51. The van der Waals surface area contributed by atoms with E-state index in [0.717, 1.165) is 70.6 Å². The molecule has 11 heteroatoms. The molecule has 0 spiro atoms. The van der Waals surface area contributed by atoms with E-state index in [1.165, 1.54) is 0 Å². The van der Waals surface area contributed by atoms with Gasteiger partial charge in [0.2, 0.25) is 5.43 Å². The number of carbonyl (C=O) groups excluding carboxylic acids is 2. The number of nitrogens with zero attached hydrogens (tertiary/aromatic N) is 4. The van der Waals surface area contributed by atoms with Crippen LogP contribution in [0, 0.1) is 0 Å². The normalized spacial score (nSPS) is 18.1. The minimum Gasteiger partial charge on any atom is -0.456 e. The van der Waals surface area contributed by atoms with Crippen LogP contribution in [0.25, 0.3) is 44.5 Å². The molecule has 284 valence electrons. The Labute approximate surface area is 324 Å². The fourth-order valence-corrected chi connectivity index (χ4v) is 8.19. The molecule has 0 radical (unpaired) electrons. The highest BCUT2D eigenvalue weighted by molar-refractivity contribution is 6.00. The first kappa shape index (κ1) is 35.5. The second-order valence-corrected chi connectivity index (χ2v) is 15.9. The summed E-state index contributed by atoms with van der Waals surface area (Å²) in [7, 11) is 0. The van der Waals surface area contributed by atoms with Gasteiger partial charge in [-0.3, -0.25) is 19.6 Å². The van der Waals surface area contributed by atoms with Crippen molar-refractivity contribution in [1.82, 2.24) is 19.8 Å². The first-order valence-corrected chi connectivity index (χ1v) is 19.3. The van der Waals surface area contributed by atoms with Crippen LogP contribution in [-0.4, -0.2) is 62.4 Å². The second kappa shape index (κ2) is 14.1. The van der Waals surface area contributed by atoms with Gasteiger partial charge in [0.05, 0.1) is 40.4 Å². The number of hydrogen-bond acceptors (Lipinski definition) is 8. The van der Waals surface area contributed by atoms with E-state index in [1.54, 1.807) is 17.2 Å². The molecule has 56 heavy (non-hydrogen) atoms. The molecule has 11 nitrogen and oxygen atoms in total. The number of amides is 2. The molecule has 2 fully saturated rings. The molecule has 5 heterocycles. The Balaban J connectivity index is 0.914. The smallest absolute Gasteiger partial charge is 0.410 e. The molecule has 2 saturated heterocycles. The third-order valence-electron chi connectivity index (χ3n) is 10.9. The lowest BCUT2D eigenvalue weighted by molar-refractivity contribution is 0.0221. The summed E-state index contributed by atoms with van der Waals surface area (Å²) in [6.45, 7) is 7.11. The van der Waals surface area contributed by atoms with Gasteiger partial charge in [0.15, 0.2) is 0 Å². The number of imidazole rings is 1. The van der Waals surface area contributed by atoms with Crippen molar-refractivity contribution in [2.24, 2.45) is 4.99 Å². The molecule has 0 saturated carbocycles. The van der Waals surface area contributed by atoms with Crippen LogP contribution < -0.4 is 5.43 Å². The zero-order chi connectivity index (χ0) is 38.6. The Morgan fingerprint density at radius 2 is 1.55 bits per heavy atom. The second-order valence-electron chi connectivity index (χ2n) is 15.9. The lowest BCUT2D eigenvalue weighted by atomic mass is 9.98. The zero-order valence-corrected chi connectivity index (χ0v) is 31.7. The molecule has 0 aliphatic carbocycles. The van der Waals surface area contributed by atoms with E-state index in [2.05, 4.69) is 16.0 Å². The van der Waals surface area contributed by atoms with E-state index < -0.39 is 5.60 Å².